The summed E-state index contributed by atoms with van der Waals surface area (Å²) < 4.78 is 21.6. The van der Waals surface area contributed by atoms with Crippen LogP contribution < -0.4 is 0 Å². The Bertz CT molecular complexity index is 417. The van der Waals surface area contributed by atoms with Crippen LogP contribution in [0, 0.1) is 0 Å². The van der Waals surface area contributed by atoms with Crippen molar-refractivity contribution < 1.29 is 8.42 Å². The van der Waals surface area contributed by atoms with E-state index in [2.05, 4.69) is 4.98 Å². The van der Waals surface area contributed by atoms with Gasteiger partial charge in [-0.1, -0.05) is 20.8 Å². The van der Waals surface area contributed by atoms with Crippen molar-refractivity contribution in [1.29, 1.82) is 0 Å². The van der Waals surface area contributed by atoms with E-state index < -0.39 is 9.05 Å². The maximum absolute atomic E-state index is 10.8. The summed E-state index contributed by atoms with van der Waals surface area (Å²) in [6.45, 7) is 6.10. The lowest BCUT2D eigenvalue weighted by Gasteiger charge is -2.13. The zero-order valence-electron chi connectivity index (χ0n) is 8.24. The molecule has 0 amide bonds. The predicted octanol–water partition coefficient (Wildman–Crippen LogP) is 2.51. The van der Waals surface area contributed by atoms with Crippen LogP contribution in [-0.2, 0) is 20.2 Å². The van der Waals surface area contributed by atoms with Gasteiger partial charge in [-0.25, -0.2) is 13.4 Å². The van der Waals surface area contributed by atoms with Crippen LogP contribution in [0.2, 0.25) is 0 Å². The molecule has 0 radical (unpaired) electrons. The van der Waals surface area contributed by atoms with Crippen LogP contribution in [0.3, 0.4) is 0 Å². The Balaban J connectivity index is 2.90. The Morgan fingerprint density at radius 3 is 2.43 bits per heavy atom. The minimum Gasteiger partial charge on any atom is -0.245 e. The highest BCUT2D eigenvalue weighted by atomic mass is 35.7. The SMILES string of the molecule is CC(C)(C)c1nc(CS(=O)(=O)Cl)cs1. The van der Waals surface area contributed by atoms with Crippen LogP contribution in [0.1, 0.15) is 31.5 Å². The molecule has 1 aromatic heterocycles. The number of halogens is 1. The van der Waals surface area contributed by atoms with Crippen molar-refractivity contribution in [1.82, 2.24) is 4.98 Å². The molecule has 80 valence electrons. The van der Waals surface area contributed by atoms with Crippen molar-refractivity contribution in [2.75, 3.05) is 0 Å². The van der Waals surface area contributed by atoms with Crippen LogP contribution in [0.4, 0.5) is 0 Å². The van der Waals surface area contributed by atoms with Gasteiger partial charge in [0.15, 0.2) is 0 Å². The molecule has 1 heterocycles. The Kier molecular flexibility index (Phi) is 3.23. The minimum atomic E-state index is -3.49. The molecular weight excluding hydrogens is 242 g/mol. The topological polar surface area (TPSA) is 47.0 Å². The minimum absolute atomic E-state index is 0.0427. The number of rotatable bonds is 2. The van der Waals surface area contributed by atoms with Crippen molar-refractivity contribution >= 4 is 31.1 Å². The first-order chi connectivity index (χ1) is 6.18. The summed E-state index contributed by atoms with van der Waals surface area (Å²) in [6.07, 6.45) is 0. The molecule has 0 bridgehead atoms. The number of thiazole rings is 1. The van der Waals surface area contributed by atoms with Crippen molar-refractivity contribution in [2.45, 2.75) is 31.9 Å². The summed E-state index contributed by atoms with van der Waals surface area (Å²) in [5.41, 5.74) is 0.480. The highest BCUT2D eigenvalue weighted by Crippen LogP contribution is 2.26. The van der Waals surface area contributed by atoms with Gasteiger partial charge < -0.3 is 0 Å². The van der Waals surface area contributed by atoms with Crippen molar-refractivity contribution in [3.8, 4) is 0 Å². The van der Waals surface area contributed by atoms with E-state index in [0.717, 1.165) is 5.01 Å². The molecule has 0 saturated carbocycles. The largest absolute Gasteiger partial charge is 0.245 e. The maximum Gasteiger partial charge on any atom is 0.238 e. The summed E-state index contributed by atoms with van der Waals surface area (Å²) in [6, 6.07) is 0. The first kappa shape index (κ1) is 11.9. The number of aromatic nitrogens is 1. The lowest BCUT2D eigenvalue weighted by molar-refractivity contribution is 0.582. The Hall–Kier alpha value is -0.130. The number of hydrogen-bond donors (Lipinski definition) is 0. The quantitative estimate of drug-likeness (QED) is 0.761. The van der Waals surface area contributed by atoms with E-state index in [0.29, 0.717) is 5.69 Å². The van der Waals surface area contributed by atoms with Gasteiger partial charge in [0.25, 0.3) is 0 Å². The third-order valence-corrected chi connectivity index (χ3v) is 3.80. The summed E-state index contributed by atoms with van der Waals surface area (Å²) >= 11 is 1.46. The molecule has 0 spiro atoms. The van der Waals surface area contributed by atoms with Gasteiger partial charge in [0.2, 0.25) is 9.05 Å². The van der Waals surface area contributed by atoms with Crippen LogP contribution in [0.5, 0.6) is 0 Å². The van der Waals surface area contributed by atoms with Crippen LogP contribution in [-0.4, -0.2) is 13.4 Å². The van der Waals surface area contributed by atoms with E-state index in [4.69, 9.17) is 10.7 Å². The van der Waals surface area contributed by atoms with Crippen molar-refractivity contribution in [2.24, 2.45) is 0 Å². The smallest absolute Gasteiger partial charge is 0.238 e. The van der Waals surface area contributed by atoms with E-state index in [1.165, 1.54) is 11.3 Å². The second-order valence-corrected chi connectivity index (χ2v) is 7.71. The molecule has 1 aromatic rings. The second kappa shape index (κ2) is 3.79. The van der Waals surface area contributed by atoms with E-state index in [1.807, 2.05) is 20.8 Å². The summed E-state index contributed by atoms with van der Waals surface area (Å²) in [4.78, 5) is 4.22. The van der Waals surface area contributed by atoms with Crippen molar-refractivity contribution in [3.63, 3.8) is 0 Å². The van der Waals surface area contributed by atoms with E-state index >= 15 is 0 Å². The molecule has 6 heteroatoms. The van der Waals surface area contributed by atoms with Gasteiger partial charge in [-0.3, -0.25) is 0 Å². The summed E-state index contributed by atoms with van der Waals surface area (Å²) in [5, 5.41) is 2.66. The predicted molar refractivity (Wildman–Crippen MR) is 59.3 cm³/mol. The average molecular weight is 254 g/mol. The highest BCUT2D eigenvalue weighted by Gasteiger charge is 2.19. The van der Waals surface area contributed by atoms with Gasteiger partial charge >= 0.3 is 0 Å². The lowest BCUT2D eigenvalue weighted by atomic mass is 9.98. The molecule has 0 N–H and O–H groups in total. The summed E-state index contributed by atoms with van der Waals surface area (Å²) in [5.74, 6) is -0.193. The summed E-state index contributed by atoms with van der Waals surface area (Å²) in [7, 11) is 1.64. The van der Waals surface area contributed by atoms with Gasteiger partial charge in [-0.05, 0) is 0 Å². The fourth-order valence-corrected chi connectivity index (χ4v) is 2.74. The molecule has 0 aliphatic rings. The van der Waals surface area contributed by atoms with Crippen molar-refractivity contribution in [3.05, 3.63) is 16.1 Å². The Morgan fingerprint density at radius 1 is 1.50 bits per heavy atom. The molecule has 1 rings (SSSR count). The molecule has 0 saturated heterocycles. The molecule has 14 heavy (non-hydrogen) atoms. The first-order valence-electron chi connectivity index (χ1n) is 4.06. The van der Waals surface area contributed by atoms with Gasteiger partial charge in [-0.2, -0.15) is 0 Å². The Labute approximate surface area is 92.5 Å². The zero-order chi connectivity index (χ0) is 11.0. The van der Waals surface area contributed by atoms with Gasteiger partial charge in [0.1, 0.15) is 5.75 Å². The van der Waals surface area contributed by atoms with E-state index in [1.54, 1.807) is 5.38 Å². The average Bonchev–Trinajstić information content (AvgIpc) is 2.29. The van der Waals surface area contributed by atoms with Crippen LogP contribution >= 0.6 is 22.0 Å². The second-order valence-electron chi connectivity index (χ2n) is 4.08. The Morgan fingerprint density at radius 2 is 2.07 bits per heavy atom. The van der Waals surface area contributed by atoms with Crippen LogP contribution in [0.25, 0.3) is 0 Å². The maximum atomic E-state index is 10.8. The third kappa shape index (κ3) is 3.55. The number of nitrogens with zero attached hydrogens (tertiary/aromatic N) is 1. The van der Waals surface area contributed by atoms with Gasteiger partial charge in [0.05, 0.1) is 10.7 Å². The molecule has 0 fully saturated rings. The molecule has 0 aliphatic heterocycles. The lowest BCUT2D eigenvalue weighted by Crippen LogP contribution is -2.10. The molecular formula is C8H12ClNO2S2. The van der Waals surface area contributed by atoms with Crippen LogP contribution in [0.15, 0.2) is 5.38 Å². The van der Waals surface area contributed by atoms with Gasteiger partial charge in [-0.15, -0.1) is 11.3 Å². The fourth-order valence-electron chi connectivity index (χ4n) is 0.894. The normalized spacial score (nSPS) is 13.1. The molecule has 0 aromatic carbocycles. The van der Waals surface area contributed by atoms with E-state index in [-0.39, 0.29) is 11.2 Å². The monoisotopic (exact) mass is 253 g/mol. The highest BCUT2D eigenvalue weighted by molar-refractivity contribution is 8.13. The fraction of sp³-hybridized carbons (Fsp3) is 0.625. The van der Waals surface area contributed by atoms with Gasteiger partial charge in [0, 0.05) is 21.5 Å². The zero-order valence-corrected chi connectivity index (χ0v) is 10.6. The first-order valence-corrected chi connectivity index (χ1v) is 7.41. The molecule has 3 nitrogen and oxygen atoms in total. The molecule has 0 unspecified atom stereocenters. The number of hydrogen-bond acceptors (Lipinski definition) is 4. The molecule has 0 atom stereocenters. The standard InChI is InChI=1S/C8H12ClNO2S2/c1-8(2,3)7-10-6(4-13-7)5-14(9,11)12/h4H,5H2,1-3H3. The van der Waals surface area contributed by atoms with E-state index in [9.17, 15) is 8.42 Å². The molecule has 0 aliphatic carbocycles. The third-order valence-electron chi connectivity index (χ3n) is 1.51.